The molecule has 0 aliphatic heterocycles. The van der Waals surface area contributed by atoms with E-state index in [0.29, 0.717) is 33.8 Å². The molecule has 1 heterocycles. The SMILES string of the molecule is C=CCn1c(SCC(=O)Nc2ccc(C(=O)OC)cc2)nnc1[C@@H](C)NC(=O)c1ccc(Cl)cc1Cl. The zero-order chi connectivity index (χ0) is 26.2. The number of nitrogens with one attached hydrogen (secondary N) is 2. The van der Waals surface area contributed by atoms with Gasteiger partial charge in [0, 0.05) is 17.3 Å². The van der Waals surface area contributed by atoms with Crippen molar-refractivity contribution in [3.05, 3.63) is 82.1 Å². The quantitative estimate of drug-likeness (QED) is 0.213. The van der Waals surface area contributed by atoms with Gasteiger partial charge in [-0.2, -0.15) is 0 Å². The fraction of sp³-hybridized carbons (Fsp3) is 0.208. The third-order valence-corrected chi connectivity index (χ3v) is 6.40. The van der Waals surface area contributed by atoms with Crippen molar-refractivity contribution in [2.24, 2.45) is 0 Å². The lowest BCUT2D eigenvalue weighted by Gasteiger charge is -2.16. The van der Waals surface area contributed by atoms with Gasteiger partial charge in [-0.15, -0.1) is 16.8 Å². The first-order chi connectivity index (χ1) is 17.2. The van der Waals surface area contributed by atoms with E-state index in [1.54, 1.807) is 54.0 Å². The lowest BCUT2D eigenvalue weighted by molar-refractivity contribution is -0.113. The molecule has 0 radical (unpaired) electrons. The Hall–Kier alpha value is -3.34. The van der Waals surface area contributed by atoms with Crippen molar-refractivity contribution in [1.82, 2.24) is 20.1 Å². The van der Waals surface area contributed by atoms with Crippen molar-refractivity contribution in [2.45, 2.75) is 24.7 Å². The molecule has 36 heavy (non-hydrogen) atoms. The van der Waals surface area contributed by atoms with Gasteiger partial charge in [-0.3, -0.25) is 9.59 Å². The molecule has 0 spiro atoms. The molecule has 3 aromatic rings. The third kappa shape index (κ3) is 6.87. The highest BCUT2D eigenvalue weighted by Gasteiger charge is 2.21. The first-order valence-corrected chi connectivity index (χ1v) is 12.4. The summed E-state index contributed by atoms with van der Waals surface area (Å²) in [5, 5.41) is 15.2. The van der Waals surface area contributed by atoms with Crippen LogP contribution in [0.25, 0.3) is 0 Å². The van der Waals surface area contributed by atoms with Gasteiger partial charge in [0.15, 0.2) is 11.0 Å². The molecule has 2 N–H and O–H groups in total. The van der Waals surface area contributed by atoms with Gasteiger partial charge in [-0.1, -0.05) is 41.0 Å². The minimum atomic E-state index is -0.506. The number of allylic oxidation sites excluding steroid dienone is 1. The van der Waals surface area contributed by atoms with E-state index in [1.165, 1.54) is 24.9 Å². The summed E-state index contributed by atoms with van der Waals surface area (Å²) >= 11 is 13.2. The minimum Gasteiger partial charge on any atom is -0.465 e. The van der Waals surface area contributed by atoms with Crippen LogP contribution in [0, 0.1) is 0 Å². The van der Waals surface area contributed by atoms with Crippen LogP contribution in [0.5, 0.6) is 0 Å². The summed E-state index contributed by atoms with van der Waals surface area (Å²) in [5.74, 6) is -0.546. The fourth-order valence-corrected chi connectivity index (χ4v) is 4.42. The Bertz CT molecular complexity index is 1280. The zero-order valence-electron chi connectivity index (χ0n) is 19.5. The maximum atomic E-state index is 12.7. The molecule has 0 unspecified atom stereocenters. The van der Waals surface area contributed by atoms with Gasteiger partial charge in [0.25, 0.3) is 5.91 Å². The highest BCUT2D eigenvalue weighted by molar-refractivity contribution is 7.99. The van der Waals surface area contributed by atoms with Gasteiger partial charge in [-0.25, -0.2) is 4.79 Å². The Morgan fingerprint density at radius 1 is 1.17 bits per heavy atom. The number of methoxy groups -OCH3 is 1. The van der Waals surface area contributed by atoms with E-state index < -0.39 is 12.0 Å². The molecule has 2 amide bonds. The monoisotopic (exact) mass is 547 g/mol. The number of hydrogen-bond acceptors (Lipinski definition) is 7. The second kappa shape index (κ2) is 12.6. The predicted octanol–water partition coefficient (Wildman–Crippen LogP) is 4.78. The van der Waals surface area contributed by atoms with Gasteiger partial charge in [0.1, 0.15) is 0 Å². The maximum Gasteiger partial charge on any atom is 0.337 e. The van der Waals surface area contributed by atoms with Crippen LogP contribution in [-0.2, 0) is 16.1 Å². The van der Waals surface area contributed by atoms with Gasteiger partial charge < -0.3 is 19.9 Å². The van der Waals surface area contributed by atoms with E-state index in [2.05, 4.69) is 32.1 Å². The van der Waals surface area contributed by atoms with Crippen molar-refractivity contribution in [3.63, 3.8) is 0 Å². The van der Waals surface area contributed by atoms with Crippen LogP contribution < -0.4 is 10.6 Å². The van der Waals surface area contributed by atoms with Crippen molar-refractivity contribution in [2.75, 3.05) is 18.2 Å². The molecule has 0 fully saturated rings. The smallest absolute Gasteiger partial charge is 0.337 e. The van der Waals surface area contributed by atoms with E-state index in [0.717, 1.165) is 0 Å². The number of carbonyl (C=O) groups is 3. The number of amides is 2. The lowest BCUT2D eigenvalue weighted by Crippen LogP contribution is -2.29. The number of benzene rings is 2. The first-order valence-electron chi connectivity index (χ1n) is 10.6. The molecule has 3 rings (SSSR count). The van der Waals surface area contributed by atoms with Crippen molar-refractivity contribution < 1.29 is 19.1 Å². The third-order valence-electron chi connectivity index (χ3n) is 4.89. The molecule has 2 aromatic carbocycles. The number of hydrogen-bond donors (Lipinski definition) is 2. The summed E-state index contributed by atoms with van der Waals surface area (Å²) in [6.07, 6.45) is 1.67. The van der Waals surface area contributed by atoms with Crippen LogP contribution >= 0.6 is 35.0 Å². The molecule has 0 aliphatic carbocycles. The predicted molar refractivity (Wildman–Crippen MR) is 140 cm³/mol. The zero-order valence-corrected chi connectivity index (χ0v) is 21.8. The van der Waals surface area contributed by atoms with Crippen molar-refractivity contribution in [3.8, 4) is 0 Å². The van der Waals surface area contributed by atoms with Crippen molar-refractivity contribution in [1.29, 1.82) is 0 Å². The first kappa shape index (κ1) is 27.3. The molecular formula is C24H23Cl2N5O4S. The number of ether oxygens (including phenoxy) is 1. The largest absolute Gasteiger partial charge is 0.465 e. The highest BCUT2D eigenvalue weighted by atomic mass is 35.5. The second-order valence-electron chi connectivity index (χ2n) is 7.47. The highest BCUT2D eigenvalue weighted by Crippen LogP contribution is 2.24. The second-order valence-corrected chi connectivity index (χ2v) is 9.25. The Kier molecular flexibility index (Phi) is 9.51. The molecule has 12 heteroatoms. The standard InChI is InChI=1S/C24H23Cl2N5O4S/c1-4-11-31-21(14(2)27-22(33)18-10-7-16(25)12-19(18)26)29-30-24(31)36-13-20(32)28-17-8-5-15(6-9-17)23(34)35-3/h4-10,12,14H,1,11,13H2,2-3H3,(H,27,33)(H,28,32)/t14-/m1/s1. The number of anilines is 1. The topological polar surface area (TPSA) is 115 Å². The average Bonchev–Trinajstić information content (AvgIpc) is 3.25. The number of rotatable bonds is 10. The minimum absolute atomic E-state index is 0.0646. The van der Waals surface area contributed by atoms with Crippen molar-refractivity contribution >= 4 is 58.4 Å². The van der Waals surface area contributed by atoms with E-state index >= 15 is 0 Å². The molecule has 0 aliphatic rings. The van der Waals surface area contributed by atoms with E-state index in [4.69, 9.17) is 23.2 Å². The summed E-state index contributed by atoms with van der Waals surface area (Å²) < 4.78 is 6.43. The summed E-state index contributed by atoms with van der Waals surface area (Å²) in [6, 6.07) is 10.5. The number of thioether (sulfide) groups is 1. The average molecular weight is 548 g/mol. The van der Waals surface area contributed by atoms with E-state index in [9.17, 15) is 14.4 Å². The van der Waals surface area contributed by atoms with Crippen LogP contribution in [0.3, 0.4) is 0 Å². The molecule has 1 aromatic heterocycles. The van der Waals surface area contributed by atoms with Gasteiger partial charge in [-0.05, 0) is 49.4 Å². The number of carbonyl (C=O) groups excluding carboxylic acids is 3. The Labute approximate surface area is 222 Å². The Morgan fingerprint density at radius 2 is 1.89 bits per heavy atom. The normalized spacial score (nSPS) is 11.4. The fourth-order valence-electron chi connectivity index (χ4n) is 3.18. The Morgan fingerprint density at radius 3 is 2.53 bits per heavy atom. The summed E-state index contributed by atoms with van der Waals surface area (Å²) in [4.78, 5) is 36.7. The molecule has 9 nitrogen and oxygen atoms in total. The maximum absolute atomic E-state index is 12.7. The molecule has 188 valence electrons. The summed E-state index contributed by atoms with van der Waals surface area (Å²) in [5.41, 5.74) is 1.21. The number of halogens is 2. The number of esters is 1. The van der Waals surface area contributed by atoms with Crippen LogP contribution in [0.1, 0.15) is 39.5 Å². The van der Waals surface area contributed by atoms with Gasteiger partial charge >= 0.3 is 5.97 Å². The van der Waals surface area contributed by atoms with Crippen LogP contribution in [0.2, 0.25) is 10.0 Å². The summed E-state index contributed by atoms with van der Waals surface area (Å²) in [6.45, 7) is 5.91. The summed E-state index contributed by atoms with van der Waals surface area (Å²) in [7, 11) is 1.30. The van der Waals surface area contributed by atoms with Gasteiger partial charge in [0.05, 0.1) is 35.1 Å². The lowest BCUT2D eigenvalue weighted by atomic mass is 10.2. The van der Waals surface area contributed by atoms with E-state index in [-0.39, 0.29) is 28.2 Å². The van der Waals surface area contributed by atoms with E-state index in [1.807, 2.05) is 0 Å². The molecule has 1 atom stereocenters. The van der Waals surface area contributed by atoms with Crippen LogP contribution in [-0.4, -0.2) is 45.4 Å². The van der Waals surface area contributed by atoms with Crippen LogP contribution in [0.4, 0.5) is 5.69 Å². The molecule has 0 saturated carbocycles. The van der Waals surface area contributed by atoms with Gasteiger partial charge in [0.2, 0.25) is 5.91 Å². The molecular weight excluding hydrogens is 525 g/mol. The number of nitrogens with zero attached hydrogens (tertiary/aromatic N) is 3. The molecule has 0 bridgehead atoms. The van der Waals surface area contributed by atoms with Crippen LogP contribution in [0.15, 0.2) is 60.3 Å². The Balaban J connectivity index is 1.64. The molecule has 0 saturated heterocycles. The number of aromatic nitrogens is 3.